The lowest BCUT2D eigenvalue weighted by molar-refractivity contribution is 0.139. The predicted octanol–water partition coefficient (Wildman–Crippen LogP) is 3.39. The van der Waals surface area contributed by atoms with Crippen LogP contribution in [0.3, 0.4) is 0 Å². The molecule has 0 saturated carbocycles. The van der Waals surface area contributed by atoms with Crippen molar-refractivity contribution in [2.45, 2.75) is 39.9 Å². The fourth-order valence-corrected chi connectivity index (χ4v) is 3.83. The van der Waals surface area contributed by atoms with Crippen LogP contribution in [0.25, 0.3) is 10.8 Å². The van der Waals surface area contributed by atoms with Crippen LogP contribution in [-0.4, -0.2) is 21.5 Å². The average Bonchev–Trinajstić information content (AvgIpc) is 2.36. The van der Waals surface area contributed by atoms with Gasteiger partial charge in [-0.05, 0) is 38.5 Å². The van der Waals surface area contributed by atoms with Gasteiger partial charge in [0.1, 0.15) is 0 Å². The van der Waals surface area contributed by atoms with Gasteiger partial charge in [-0.2, -0.15) is 0 Å². The minimum atomic E-state index is -1.45. The van der Waals surface area contributed by atoms with Crippen LogP contribution in [0.15, 0.2) is 42.5 Å². The topological polar surface area (TPSA) is 18.5 Å². The second-order valence-corrected chi connectivity index (χ2v) is 6.73. The van der Waals surface area contributed by atoms with Crippen LogP contribution in [0, 0.1) is 0 Å². The molecule has 1 radical (unpaired) electrons. The maximum Gasteiger partial charge on any atom is 0.424 e. The zero-order chi connectivity index (χ0) is 13.8. The summed E-state index contributed by atoms with van der Waals surface area (Å²) in [6, 6.07) is 14.7. The Hall–Kier alpha value is -1.16. The summed E-state index contributed by atoms with van der Waals surface area (Å²) in [5.74, 6) is 0. The second kappa shape index (κ2) is 6.33. The SMILES string of the molecule is CC(C)O[Si](OC(C)C)c1cccc2ccccc12. The van der Waals surface area contributed by atoms with Crippen molar-refractivity contribution in [2.24, 2.45) is 0 Å². The molecule has 0 atom stereocenters. The Morgan fingerprint density at radius 2 is 1.37 bits per heavy atom. The normalized spacial score (nSPS) is 11.9. The van der Waals surface area contributed by atoms with Crippen LogP contribution < -0.4 is 5.19 Å². The molecule has 0 aliphatic rings. The van der Waals surface area contributed by atoms with Gasteiger partial charge in [0.25, 0.3) is 0 Å². The highest BCUT2D eigenvalue weighted by atomic mass is 28.3. The van der Waals surface area contributed by atoms with Crippen LogP contribution in [0.4, 0.5) is 0 Å². The van der Waals surface area contributed by atoms with Gasteiger partial charge in [0.15, 0.2) is 0 Å². The van der Waals surface area contributed by atoms with Crippen molar-refractivity contribution in [3.05, 3.63) is 42.5 Å². The Morgan fingerprint density at radius 1 is 0.789 bits per heavy atom. The quantitative estimate of drug-likeness (QED) is 0.778. The van der Waals surface area contributed by atoms with Crippen LogP contribution in [0.2, 0.25) is 0 Å². The molecular weight excluding hydrogens is 252 g/mol. The van der Waals surface area contributed by atoms with E-state index in [0.29, 0.717) is 0 Å². The van der Waals surface area contributed by atoms with Gasteiger partial charge >= 0.3 is 9.28 Å². The summed E-state index contributed by atoms with van der Waals surface area (Å²) in [7, 11) is -1.45. The molecule has 0 bridgehead atoms. The smallest absolute Gasteiger partial charge is 0.387 e. The van der Waals surface area contributed by atoms with E-state index in [9.17, 15) is 0 Å². The lowest BCUT2D eigenvalue weighted by Crippen LogP contribution is -2.41. The summed E-state index contributed by atoms with van der Waals surface area (Å²) in [6.07, 6.45) is 0.346. The van der Waals surface area contributed by atoms with Crippen molar-refractivity contribution in [3.8, 4) is 0 Å². The highest BCUT2D eigenvalue weighted by molar-refractivity contribution is 6.64. The standard InChI is InChI=1S/C16H21O2Si/c1-12(2)17-19(18-13(3)4)16-11-7-9-14-8-5-6-10-15(14)16/h5-13H,1-4H3. The molecule has 0 heterocycles. The van der Waals surface area contributed by atoms with E-state index in [-0.39, 0.29) is 12.2 Å². The molecule has 2 nitrogen and oxygen atoms in total. The Kier molecular flexibility index (Phi) is 4.74. The number of fused-ring (bicyclic) bond motifs is 1. The summed E-state index contributed by atoms with van der Waals surface area (Å²) >= 11 is 0. The number of hydrogen-bond donors (Lipinski definition) is 0. The molecule has 2 aromatic rings. The Morgan fingerprint density at radius 3 is 2.00 bits per heavy atom. The van der Waals surface area contributed by atoms with E-state index in [4.69, 9.17) is 8.85 Å². The number of benzene rings is 2. The van der Waals surface area contributed by atoms with E-state index in [0.717, 1.165) is 0 Å². The summed E-state index contributed by atoms with van der Waals surface area (Å²) in [5.41, 5.74) is 0. The second-order valence-electron chi connectivity index (χ2n) is 5.15. The third kappa shape index (κ3) is 3.66. The maximum atomic E-state index is 6.03. The molecule has 0 spiro atoms. The van der Waals surface area contributed by atoms with Gasteiger partial charge in [0, 0.05) is 17.4 Å². The van der Waals surface area contributed by atoms with Crippen molar-refractivity contribution < 1.29 is 8.85 Å². The monoisotopic (exact) mass is 273 g/mol. The van der Waals surface area contributed by atoms with Gasteiger partial charge in [-0.1, -0.05) is 42.5 Å². The lowest BCUT2D eigenvalue weighted by atomic mass is 10.1. The molecule has 0 fully saturated rings. The molecule has 0 unspecified atom stereocenters. The van der Waals surface area contributed by atoms with E-state index in [2.05, 4.69) is 70.2 Å². The van der Waals surface area contributed by atoms with E-state index in [1.807, 2.05) is 0 Å². The third-order valence-corrected chi connectivity index (χ3v) is 4.94. The summed E-state index contributed by atoms with van der Waals surface area (Å²) in [4.78, 5) is 0. The van der Waals surface area contributed by atoms with Crippen molar-refractivity contribution in [2.75, 3.05) is 0 Å². The molecular formula is C16H21O2Si. The summed E-state index contributed by atoms with van der Waals surface area (Å²) in [5, 5.41) is 3.67. The van der Waals surface area contributed by atoms with Crippen LogP contribution in [0.1, 0.15) is 27.7 Å². The Bertz CT molecular complexity index is 522. The van der Waals surface area contributed by atoms with Gasteiger partial charge in [0.05, 0.1) is 0 Å². The molecule has 0 saturated heterocycles. The van der Waals surface area contributed by atoms with Crippen molar-refractivity contribution >= 4 is 25.2 Å². The van der Waals surface area contributed by atoms with Crippen LogP contribution >= 0.6 is 0 Å². The number of rotatable bonds is 5. The molecule has 0 N–H and O–H groups in total. The molecule has 19 heavy (non-hydrogen) atoms. The van der Waals surface area contributed by atoms with Crippen molar-refractivity contribution in [3.63, 3.8) is 0 Å². The fraction of sp³-hybridized carbons (Fsp3) is 0.375. The first-order valence-corrected chi connectivity index (χ1v) is 8.08. The number of hydrogen-bond acceptors (Lipinski definition) is 2. The Balaban J connectivity index is 2.42. The minimum Gasteiger partial charge on any atom is -0.387 e. The largest absolute Gasteiger partial charge is 0.424 e. The zero-order valence-corrected chi connectivity index (χ0v) is 13.0. The van der Waals surface area contributed by atoms with Gasteiger partial charge in [-0.3, -0.25) is 0 Å². The maximum absolute atomic E-state index is 6.03. The molecule has 0 amide bonds. The van der Waals surface area contributed by atoms with Crippen LogP contribution in [-0.2, 0) is 8.85 Å². The summed E-state index contributed by atoms with van der Waals surface area (Å²) in [6.45, 7) is 8.22. The molecule has 101 valence electrons. The first-order chi connectivity index (χ1) is 9.08. The molecule has 2 aromatic carbocycles. The van der Waals surface area contributed by atoms with Gasteiger partial charge in [-0.15, -0.1) is 0 Å². The van der Waals surface area contributed by atoms with E-state index in [1.165, 1.54) is 16.0 Å². The molecule has 2 rings (SSSR count). The average molecular weight is 273 g/mol. The molecule has 0 aliphatic heterocycles. The van der Waals surface area contributed by atoms with E-state index in [1.54, 1.807) is 0 Å². The fourth-order valence-electron chi connectivity index (χ4n) is 1.99. The van der Waals surface area contributed by atoms with E-state index >= 15 is 0 Å². The van der Waals surface area contributed by atoms with E-state index < -0.39 is 9.28 Å². The van der Waals surface area contributed by atoms with Gasteiger partial charge in [-0.25, -0.2) is 0 Å². The van der Waals surface area contributed by atoms with Gasteiger partial charge < -0.3 is 8.85 Å². The van der Waals surface area contributed by atoms with Gasteiger partial charge in [0.2, 0.25) is 0 Å². The Labute approximate surface area is 117 Å². The van der Waals surface area contributed by atoms with Crippen molar-refractivity contribution in [1.82, 2.24) is 0 Å². The molecule has 3 heteroatoms. The predicted molar refractivity (Wildman–Crippen MR) is 81.8 cm³/mol. The van der Waals surface area contributed by atoms with Crippen LogP contribution in [0.5, 0.6) is 0 Å². The highest BCUT2D eigenvalue weighted by Gasteiger charge is 2.24. The first-order valence-electron chi connectivity index (χ1n) is 6.76. The van der Waals surface area contributed by atoms with Crippen molar-refractivity contribution in [1.29, 1.82) is 0 Å². The third-order valence-electron chi connectivity index (χ3n) is 2.70. The molecule has 0 aromatic heterocycles. The minimum absolute atomic E-state index is 0.173. The first kappa shape index (κ1) is 14.3. The summed E-state index contributed by atoms with van der Waals surface area (Å²) < 4.78 is 12.1. The molecule has 0 aliphatic carbocycles. The lowest BCUT2D eigenvalue weighted by Gasteiger charge is -2.21. The zero-order valence-electron chi connectivity index (χ0n) is 12.0. The highest BCUT2D eigenvalue weighted by Crippen LogP contribution is 2.13.